The molecule has 0 unspecified atom stereocenters. The maximum absolute atomic E-state index is 11.1. The van der Waals surface area contributed by atoms with Gasteiger partial charge in [-0.1, -0.05) is 72.3 Å². The first-order valence-corrected chi connectivity index (χ1v) is 12.7. The highest BCUT2D eigenvalue weighted by Crippen LogP contribution is 2.35. The molecule has 34 heavy (non-hydrogen) atoms. The molecule has 182 valence electrons. The summed E-state index contributed by atoms with van der Waals surface area (Å²) in [6.45, 7) is 8.47. The smallest absolute Gasteiger partial charge is 0.187 e. The van der Waals surface area contributed by atoms with Crippen LogP contribution in [0.25, 0.3) is 0 Å². The fourth-order valence-electron chi connectivity index (χ4n) is 4.61. The summed E-state index contributed by atoms with van der Waals surface area (Å²) in [7, 11) is 0. The molecule has 0 aliphatic heterocycles. The van der Waals surface area contributed by atoms with Crippen LogP contribution < -0.4 is 10.7 Å². The number of benzene rings is 2. The number of hydrogen-bond donors (Lipinski definition) is 3. The van der Waals surface area contributed by atoms with Crippen LogP contribution in [-0.2, 0) is 0 Å². The van der Waals surface area contributed by atoms with E-state index >= 15 is 0 Å². The normalized spacial score (nSPS) is 17.8. The molecule has 2 aromatic rings. The third-order valence-corrected chi connectivity index (χ3v) is 7.01. The van der Waals surface area contributed by atoms with Gasteiger partial charge in [0.05, 0.1) is 11.3 Å². The van der Waals surface area contributed by atoms with Crippen molar-refractivity contribution >= 4 is 23.0 Å². The van der Waals surface area contributed by atoms with E-state index in [2.05, 4.69) is 42.7 Å². The van der Waals surface area contributed by atoms with Crippen molar-refractivity contribution in [2.75, 3.05) is 0 Å². The summed E-state index contributed by atoms with van der Waals surface area (Å²) in [6, 6.07) is 20.2. The fourth-order valence-corrected chi connectivity index (χ4v) is 4.94. The number of hydrazone groups is 1. The number of allylic oxidation sites excluding steroid dienone is 2. The van der Waals surface area contributed by atoms with E-state index in [4.69, 9.17) is 12.2 Å². The van der Waals surface area contributed by atoms with E-state index in [1.54, 1.807) is 0 Å². The molecule has 2 atom stereocenters. The summed E-state index contributed by atoms with van der Waals surface area (Å²) in [5.74, 6) is 0.346. The molecule has 0 spiro atoms. The van der Waals surface area contributed by atoms with Crippen molar-refractivity contribution in [3.05, 3.63) is 83.4 Å². The van der Waals surface area contributed by atoms with Crippen LogP contribution in [0.15, 0.2) is 77.4 Å². The summed E-state index contributed by atoms with van der Waals surface area (Å²) in [5, 5.41) is 19.6. The number of aliphatic hydroxyl groups is 1. The Hall–Kier alpha value is -2.50. The molecule has 1 aliphatic carbocycles. The summed E-state index contributed by atoms with van der Waals surface area (Å²) in [6.07, 6.45) is 8.07. The minimum absolute atomic E-state index is 0.210. The maximum Gasteiger partial charge on any atom is 0.187 e. The first-order valence-electron chi connectivity index (χ1n) is 12.3. The van der Waals surface area contributed by atoms with Crippen LogP contribution in [0, 0.1) is 5.92 Å². The highest BCUT2D eigenvalue weighted by molar-refractivity contribution is 7.80. The molecular weight excluding hydrogens is 438 g/mol. The van der Waals surface area contributed by atoms with Crippen LogP contribution >= 0.6 is 12.2 Å². The second-order valence-corrected chi connectivity index (χ2v) is 10.8. The molecule has 1 aliphatic rings. The van der Waals surface area contributed by atoms with E-state index in [9.17, 15) is 5.11 Å². The third-order valence-electron chi connectivity index (χ3n) is 6.82. The standard InChI is InChI=1S/C29H39N3OS/c1-22-16-18-25(19-17-22)29(4,33)21-11-20-28(2,3)30-27(34)32-31-26(23-12-7-5-8-13-23)24-14-9-6-10-15-24/h5-10,12-16,25,33H,11,17-21H2,1-4H3,(H2,30,32,34)/t25-,29-/m1/s1. The molecule has 0 saturated heterocycles. The zero-order valence-corrected chi connectivity index (χ0v) is 21.8. The number of thiocarbonyl (C=S) groups is 1. The summed E-state index contributed by atoms with van der Waals surface area (Å²) in [4.78, 5) is 0. The number of nitrogens with zero attached hydrogens (tertiary/aromatic N) is 1. The monoisotopic (exact) mass is 477 g/mol. The predicted molar refractivity (Wildman–Crippen MR) is 147 cm³/mol. The maximum atomic E-state index is 11.1. The van der Waals surface area contributed by atoms with Crippen LogP contribution in [0.4, 0.5) is 0 Å². The lowest BCUT2D eigenvalue weighted by molar-refractivity contribution is -0.0159. The lowest BCUT2D eigenvalue weighted by Gasteiger charge is -2.36. The van der Waals surface area contributed by atoms with Crippen LogP contribution in [0.1, 0.15) is 77.3 Å². The molecular formula is C29H39N3OS. The molecule has 3 rings (SSSR count). The van der Waals surface area contributed by atoms with Gasteiger partial charge >= 0.3 is 0 Å². The second kappa shape index (κ2) is 11.8. The zero-order valence-electron chi connectivity index (χ0n) is 21.0. The van der Waals surface area contributed by atoms with Crippen LogP contribution in [0.5, 0.6) is 0 Å². The van der Waals surface area contributed by atoms with Crippen LogP contribution in [0.3, 0.4) is 0 Å². The second-order valence-electron chi connectivity index (χ2n) is 10.4. The van der Waals surface area contributed by atoms with Gasteiger partial charge in [0.1, 0.15) is 0 Å². The number of rotatable bonds is 9. The molecule has 4 nitrogen and oxygen atoms in total. The van der Waals surface area contributed by atoms with Gasteiger partial charge in [0.25, 0.3) is 0 Å². The topological polar surface area (TPSA) is 56.6 Å². The molecule has 0 bridgehead atoms. The molecule has 0 radical (unpaired) electrons. The highest BCUT2D eigenvalue weighted by Gasteiger charge is 2.32. The Morgan fingerprint density at radius 3 is 2.12 bits per heavy atom. The van der Waals surface area contributed by atoms with Gasteiger partial charge in [-0.2, -0.15) is 5.10 Å². The average Bonchev–Trinajstić information content (AvgIpc) is 2.80. The molecule has 0 heterocycles. The molecule has 0 amide bonds. The quantitative estimate of drug-likeness (QED) is 0.170. The molecule has 2 aromatic carbocycles. The lowest BCUT2D eigenvalue weighted by atomic mass is 9.76. The van der Waals surface area contributed by atoms with Gasteiger partial charge in [-0.25, -0.2) is 0 Å². The van der Waals surface area contributed by atoms with E-state index in [1.807, 2.05) is 67.6 Å². The molecule has 0 fully saturated rings. The molecule has 0 aromatic heterocycles. The molecule has 0 saturated carbocycles. The first-order chi connectivity index (χ1) is 16.2. The Labute approximate surface area is 210 Å². The van der Waals surface area contributed by atoms with Gasteiger partial charge in [-0.3, -0.25) is 5.43 Å². The molecule has 5 heteroatoms. The van der Waals surface area contributed by atoms with Crippen LogP contribution in [0.2, 0.25) is 0 Å². The molecule has 3 N–H and O–H groups in total. The average molecular weight is 478 g/mol. The van der Waals surface area contributed by atoms with Crippen molar-refractivity contribution in [3.63, 3.8) is 0 Å². The van der Waals surface area contributed by atoms with Crippen molar-refractivity contribution < 1.29 is 5.11 Å². The van der Waals surface area contributed by atoms with Gasteiger partial charge in [0.2, 0.25) is 0 Å². The van der Waals surface area contributed by atoms with Crippen molar-refractivity contribution in [2.45, 2.75) is 77.4 Å². The van der Waals surface area contributed by atoms with Crippen molar-refractivity contribution in [2.24, 2.45) is 11.0 Å². The Morgan fingerprint density at radius 1 is 1.00 bits per heavy atom. The lowest BCUT2D eigenvalue weighted by Crippen LogP contribution is -2.47. The zero-order chi connectivity index (χ0) is 24.6. The predicted octanol–water partition coefficient (Wildman–Crippen LogP) is 6.35. The van der Waals surface area contributed by atoms with E-state index in [1.165, 1.54) is 5.57 Å². The number of hydrogen-bond acceptors (Lipinski definition) is 3. The Balaban J connectivity index is 1.55. The van der Waals surface area contributed by atoms with E-state index < -0.39 is 5.60 Å². The Bertz CT molecular complexity index is 955. The van der Waals surface area contributed by atoms with E-state index in [-0.39, 0.29) is 5.54 Å². The number of nitrogens with one attached hydrogen (secondary N) is 2. The van der Waals surface area contributed by atoms with Crippen LogP contribution in [-0.4, -0.2) is 27.1 Å². The van der Waals surface area contributed by atoms with E-state index in [0.717, 1.165) is 55.4 Å². The van der Waals surface area contributed by atoms with Gasteiger partial charge in [-0.15, -0.1) is 0 Å². The largest absolute Gasteiger partial charge is 0.390 e. The summed E-state index contributed by atoms with van der Waals surface area (Å²) >= 11 is 5.57. The fraction of sp³-hybridized carbons (Fsp3) is 0.448. The minimum atomic E-state index is -0.628. The van der Waals surface area contributed by atoms with Crippen molar-refractivity contribution in [3.8, 4) is 0 Å². The minimum Gasteiger partial charge on any atom is -0.390 e. The van der Waals surface area contributed by atoms with Gasteiger partial charge < -0.3 is 10.4 Å². The van der Waals surface area contributed by atoms with Gasteiger partial charge in [-0.05, 0) is 84.4 Å². The Morgan fingerprint density at radius 2 is 1.59 bits per heavy atom. The SMILES string of the molecule is CC1=CC[C@@H]([C@](C)(O)CCCC(C)(C)NC(=S)NN=C(c2ccccc2)c2ccccc2)CC1. The van der Waals surface area contributed by atoms with Gasteiger partial charge in [0, 0.05) is 16.7 Å². The third kappa shape index (κ3) is 7.78. The van der Waals surface area contributed by atoms with Gasteiger partial charge in [0.15, 0.2) is 5.11 Å². The van der Waals surface area contributed by atoms with Crippen molar-refractivity contribution in [1.82, 2.24) is 10.7 Å². The highest BCUT2D eigenvalue weighted by atomic mass is 32.1. The summed E-state index contributed by atoms with van der Waals surface area (Å²) in [5.41, 5.74) is 6.56. The first kappa shape index (κ1) is 26.1. The van der Waals surface area contributed by atoms with Crippen molar-refractivity contribution in [1.29, 1.82) is 0 Å². The summed E-state index contributed by atoms with van der Waals surface area (Å²) < 4.78 is 0. The van der Waals surface area contributed by atoms with E-state index in [0.29, 0.717) is 11.0 Å². The Kier molecular flexibility index (Phi) is 9.03.